The number of benzene rings is 2. The zero-order valence-corrected chi connectivity index (χ0v) is 13.5. The average Bonchev–Trinajstić information content (AvgIpc) is 2.55. The molecule has 0 saturated carbocycles. The van der Waals surface area contributed by atoms with Crippen LogP contribution in [0.2, 0.25) is 0 Å². The smallest absolute Gasteiger partial charge is 0.157 e. The Balaban J connectivity index is 1.98. The van der Waals surface area contributed by atoms with Crippen LogP contribution in [-0.2, 0) is 16.8 Å². The summed E-state index contributed by atoms with van der Waals surface area (Å²) in [6.45, 7) is 0. The molecular weight excluding hydrogens is 324 g/mol. The Morgan fingerprint density at radius 3 is 2.42 bits per heavy atom. The first-order chi connectivity index (χ1) is 11.5. The fraction of sp³-hybridized carbons (Fsp3) is 0.0556. The van der Waals surface area contributed by atoms with Gasteiger partial charge in [0, 0.05) is 17.3 Å². The van der Waals surface area contributed by atoms with Crippen molar-refractivity contribution in [3.8, 4) is 28.0 Å². The molecule has 1 aromatic heterocycles. The lowest BCUT2D eigenvalue weighted by Gasteiger charge is -2.09. The van der Waals surface area contributed by atoms with Gasteiger partial charge in [0.05, 0.1) is 5.75 Å². The summed E-state index contributed by atoms with van der Waals surface area (Å²) in [5.41, 5.74) is 10.1. The number of rotatable bonds is 4. The van der Waals surface area contributed by atoms with Gasteiger partial charge >= 0.3 is 0 Å². The maximum atomic E-state index is 10.9. The third-order valence-corrected chi connectivity index (χ3v) is 4.23. The number of aromatic nitrogens is 1. The van der Waals surface area contributed by atoms with Gasteiger partial charge in [-0.25, -0.2) is 9.19 Å². The number of pyridine rings is 1. The van der Waals surface area contributed by atoms with Gasteiger partial charge in [0.1, 0.15) is 11.6 Å². The summed E-state index contributed by atoms with van der Waals surface area (Å²) in [7, 11) is 0. The second-order valence-corrected chi connectivity index (χ2v) is 6.30. The third kappa shape index (κ3) is 3.61. The predicted octanol–water partition coefficient (Wildman–Crippen LogP) is 3.43. The average molecular weight is 340 g/mol. The minimum atomic E-state index is -1.85. The molecule has 6 heteroatoms. The number of anilines is 1. The van der Waals surface area contributed by atoms with Gasteiger partial charge in [0.25, 0.3) is 0 Å². The molecule has 4 N–H and O–H groups in total. The Morgan fingerprint density at radius 1 is 1.00 bits per heavy atom. The molecule has 0 amide bonds. The van der Waals surface area contributed by atoms with Crippen molar-refractivity contribution >= 4 is 16.9 Å². The molecule has 24 heavy (non-hydrogen) atoms. The van der Waals surface area contributed by atoms with Gasteiger partial charge in [-0.05, 0) is 34.9 Å². The van der Waals surface area contributed by atoms with Gasteiger partial charge in [-0.1, -0.05) is 36.4 Å². The first-order valence-corrected chi connectivity index (χ1v) is 8.52. The summed E-state index contributed by atoms with van der Waals surface area (Å²) in [4.78, 5) is 4.24. The standard InChI is InChI=1S/C18H16N2O3S/c19-18-17(14-2-1-3-16(21)8-14)9-15(10-20-18)13-6-4-12(5-7-13)11-24(22)23/h1-10,21H,11H2,(H2,19,20)(H,22,23). The van der Waals surface area contributed by atoms with Crippen molar-refractivity contribution in [2.45, 2.75) is 5.75 Å². The molecule has 0 spiro atoms. The second-order valence-electron chi connectivity index (χ2n) is 5.37. The van der Waals surface area contributed by atoms with Gasteiger partial charge in [0.15, 0.2) is 11.1 Å². The molecule has 1 heterocycles. The van der Waals surface area contributed by atoms with Crippen LogP contribution < -0.4 is 5.73 Å². The van der Waals surface area contributed by atoms with E-state index in [1.165, 1.54) is 0 Å². The normalized spacial score (nSPS) is 12.0. The molecule has 0 fully saturated rings. The highest BCUT2D eigenvalue weighted by Gasteiger charge is 2.08. The van der Waals surface area contributed by atoms with Crippen molar-refractivity contribution in [1.82, 2.24) is 4.98 Å². The van der Waals surface area contributed by atoms with Gasteiger partial charge in [-0.2, -0.15) is 0 Å². The van der Waals surface area contributed by atoms with E-state index in [1.54, 1.807) is 24.4 Å². The fourth-order valence-corrected chi connectivity index (χ4v) is 2.95. The molecule has 0 radical (unpaired) electrons. The van der Waals surface area contributed by atoms with E-state index in [0.29, 0.717) is 5.82 Å². The first-order valence-electron chi connectivity index (χ1n) is 7.24. The monoisotopic (exact) mass is 340 g/mol. The van der Waals surface area contributed by atoms with Crippen molar-refractivity contribution in [2.24, 2.45) is 0 Å². The van der Waals surface area contributed by atoms with Crippen LogP contribution in [0.25, 0.3) is 22.3 Å². The van der Waals surface area contributed by atoms with Crippen molar-refractivity contribution in [3.05, 3.63) is 66.4 Å². The number of phenolic OH excluding ortho intramolecular Hbond substituents is 1. The van der Waals surface area contributed by atoms with Crippen LogP contribution in [-0.4, -0.2) is 18.9 Å². The summed E-state index contributed by atoms with van der Waals surface area (Å²) in [5.74, 6) is 0.657. The Hall–Kier alpha value is -2.70. The third-order valence-electron chi connectivity index (χ3n) is 3.65. The molecule has 0 aliphatic heterocycles. The van der Waals surface area contributed by atoms with E-state index in [1.807, 2.05) is 36.4 Å². The van der Waals surface area contributed by atoms with Crippen LogP contribution >= 0.6 is 0 Å². The van der Waals surface area contributed by atoms with E-state index < -0.39 is 11.1 Å². The maximum Gasteiger partial charge on any atom is 0.157 e. The summed E-state index contributed by atoms with van der Waals surface area (Å²) < 4.78 is 19.8. The minimum absolute atomic E-state index is 0.106. The molecule has 3 rings (SSSR count). The minimum Gasteiger partial charge on any atom is -0.508 e. The van der Waals surface area contributed by atoms with Gasteiger partial charge in [0.2, 0.25) is 0 Å². The molecule has 3 aromatic rings. The van der Waals surface area contributed by atoms with E-state index in [4.69, 9.17) is 10.3 Å². The molecule has 0 saturated heterocycles. The Labute approximate surface area is 142 Å². The topological polar surface area (TPSA) is 96.4 Å². The molecule has 1 unspecified atom stereocenters. The van der Waals surface area contributed by atoms with Gasteiger partial charge in [-0.15, -0.1) is 0 Å². The number of phenols is 1. The lowest BCUT2D eigenvalue weighted by atomic mass is 10.0. The van der Waals surface area contributed by atoms with Crippen molar-refractivity contribution < 1.29 is 13.9 Å². The highest BCUT2D eigenvalue weighted by Crippen LogP contribution is 2.31. The SMILES string of the molecule is Nc1ncc(-c2ccc(CS(=O)O)cc2)cc1-c1cccc(O)c1. The summed E-state index contributed by atoms with van der Waals surface area (Å²) in [5, 5.41) is 9.65. The Bertz CT molecular complexity index is 895. The molecule has 5 nitrogen and oxygen atoms in total. The van der Waals surface area contributed by atoms with Crippen molar-refractivity contribution in [3.63, 3.8) is 0 Å². The van der Waals surface area contributed by atoms with E-state index >= 15 is 0 Å². The van der Waals surface area contributed by atoms with Crippen LogP contribution in [0.5, 0.6) is 5.75 Å². The lowest BCUT2D eigenvalue weighted by Crippen LogP contribution is -1.95. The molecule has 0 aliphatic carbocycles. The predicted molar refractivity (Wildman–Crippen MR) is 95.7 cm³/mol. The largest absolute Gasteiger partial charge is 0.508 e. The van der Waals surface area contributed by atoms with Crippen molar-refractivity contribution in [1.29, 1.82) is 0 Å². The van der Waals surface area contributed by atoms with E-state index in [0.717, 1.165) is 27.8 Å². The van der Waals surface area contributed by atoms with E-state index in [2.05, 4.69) is 4.98 Å². The fourth-order valence-electron chi connectivity index (χ4n) is 2.47. The second kappa shape index (κ2) is 6.82. The van der Waals surface area contributed by atoms with Gasteiger partial charge < -0.3 is 15.4 Å². The van der Waals surface area contributed by atoms with E-state index in [-0.39, 0.29) is 11.5 Å². The Morgan fingerprint density at radius 2 is 1.75 bits per heavy atom. The van der Waals surface area contributed by atoms with Gasteiger partial charge in [-0.3, -0.25) is 0 Å². The quantitative estimate of drug-likeness (QED) is 0.632. The maximum absolute atomic E-state index is 10.9. The molecule has 122 valence electrons. The first kappa shape index (κ1) is 16.2. The highest BCUT2D eigenvalue weighted by atomic mass is 32.2. The molecule has 2 aromatic carbocycles. The van der Waals surface area contributed by atoms with Crippen molar-refractivity contribution in [2.75, 3.05) is 5.73 Å². The highest BCUT2D eigenvalue weighted by molar-refractivity contribution is 7.78. The lowest BCUT2D eigenvalue weighted by molar-refractivity contribution is 0.475. The summed E-state index contributed by atoms with van der Waals surface area (Å²) >= 11 is -1.85. The number of hydrogen-bond donors (Lipinski definition) is 3. The van der Waals surface area contributed by atoms with E-state index in [9.17, 15) is 9.32 Å². The Kier molecular flexibility index (Phi) is 4.59. The number of nitrogens with zero attached hydrogens (tertiary/aromatic N) is 1. The van der Waals surface area contributed by atoms with Crippen LogP contribution in [0, 0.1) is 0 Å². The number of hydrogen-bond acceptors (Lipinski definition) is 4. The zero-order chi connectivity index (χ0) is 17.1. The molecule has 1 atom stereocenters. The van der Waals surface area contributed by atoms with Crippen LogP contribution in [0.3, 0.4) is 0 Å². The molecule has 0 bridgehead atoms. The summed E-state index contributed by atoms with van der Waals surface area (Å²) in [6.07, 6.45) is 1.68. The van der Waals surface area contributed by atoms with Crippen LogP contribution in [0.1, 0.15) is 5.56 Å². The molecular formula is C18H16N2O3S. The summed E-state index contributed by atoms with van der Waals surface area (Å²) in [6, 6.07) is 16.1. The number of nitrogen functional groups attached to an aromatic ring is 1. The van der Waals surface area contributed by atoms with Crippen LogP contribution in [0.15, 0.2) is 60.8 Å². The molecule has 0 aliphatic rings. The number of aromatic hydroxyl groups is 1. The van der Waals surface area contributed by atoms with Crippen LogP contribution in [0.4, 0.5) is 5.82 Å². The number of nitrogens with two attached hydrogens (primary N) is 1. The zero-order valence-electron chi connectivity index (χ0n) is 12.7.